The lowest BCUT2D eigenvalue weighted by atomic mass is 9.96. The number of rotatable bonds is 7. The largest absolute Gasteiger partial charge is 0.356 e. The van der Waals surface area contributed by atoms with Gasteiger partial charge in [0.25, 0.3) is 0 Å². The minimum Gasteiger partial charge on any atom is -0.356 e. The van der Waals surface area contributed by atoms with E-state index in [4.69, 9.17) is 0 Å². The van der Waals surface area contributed by atoms with Crippen LogP contribution in [0.5, 0.6) is 0 Å². The fourth-order valence-electron chi connectivity index (χ4n) is 4.46. The zero-order chi connectivity index (χ0) is 21.3. The second kappa shape index (κ2) is 13.4. The SMILES string of the molecule is C=C(C)CN1CCC(NC(=NC)NCC2CCN(Cc3ccccc3F)CC2)CC1.I. The molecule has 31 heavy (non-hydrogen) atoms. The monoisotopic (exact) mass is 543 g/mol. The van der Waals surface area contributed by atoms with E-state index in [0.717, 1.165) is 76.5 Å². The van der Waals surface area contributed by atoms with Crippen molar-refractivity contribution in [3.05, 3.63) is 47.8 Å². The van der Waals surface area contributed by atoms with Gasteiger partial charge in [-0.3, -0.25) is 14.8 Å². The molecule has 1 aromatic carbocycles. The first kappa shape index (κ1) is 26.1. The van der Waals surface area contributed by atoms with Gasteiger partial charge in [-0.2, -0.15) is 0 Å². The Morgan fingerprint density at radius 2 is 1.74 bits per heavy atom. The number of hydrogen-bond donors (Lipinski definition) is 2. The number of hydrogen-bond acceptors (Lipinski definition) is 3. The highest BCUT2D eigenvalue weighted by molar-refractivity contribution is 14.0. The molecule has 2 heterocycles. The van der Waals surface area contributed by atoms with Crippen molar-refractivity contribution in [2.24, 2.45) is 10.9 Å². The Balaban J connectivity index is 0.00000341. The minimum absolute atomic E-state index is 0. The summed E-state index contributed by atoms with van der Waals surface area (Å²) in [6, 6.07) is 7.60. The number of benzene rings is 1. The molecule has 3 rings (SSSR count). The van der Waals surface area contributed by atoms with Crippen molar-refractivity contribution in [3.63, 3.8) is 0 Å². The van der Waals surface area contributed by atoms with Crippen LogP contribution in [0.25, 0.3) is 0 Å². The zero-order valence-electron chi connectivity index (χ0n) is 19.1. The van der Waals surface area contributed by atoms with Crippen molar-refractivity contribution >= 4 is 29.9 Å². The van der Waals surface area contributed by atoms with E-state index >= 15 is 0 Å². The molecule has 2 aliphatic rings. The third-order valence-electron chi connectivity index (χ3n) is 6.26. The van der Waals surface area contributed by atoms with E-state index in [1.807, 2.05) is 19.2 Å². The van der Waals surface area contributed by atoms with Crippen LogP contribution in [0.4, 0.5) is 4.39 Å². The van der Waals surface area contributed by atoms with Crippen LogP contribution in [0.15, 0.2) is 41.4 Å². The molecule has 2 saturated heterocycles. The van der Waals surface area contributed by atoms with Crippen molar-refractivity contribution in [1.82, 2.24) is 20.4 Å². The molecule has 0 radical (unpaired) electrons. The Labute approximate surface area is 204 Å². The van der Waals surface area contributed by atoms with Crippen LogP contribution in [0.3, 0.4) is 0 Å². The molecule has 0 amide bonds. The van der Waals surface area contributed by atoms with E-state index in [1.54, 1.807) is 12.1 Å². The second-order valence-corrected chi connectivity index (χ2v) is 8.92. The summed E-state index contributed by atoms with van der Waals surface area (Å²) in [5.41, 5.74) is 2.03. The van der Waals surface area contributed by atoms with Gasteiger partial charge < -0.3 is 10.6 Å². The molecular formula is C24H39FIN5. The van der Waals surface area contributed by atoms with Crippen molar-refractivity contribution in [2.45, 2.75) is 45.2 Å². The lowest BCUT2D eigenvalue weighted by molar-refractivity contribution is 0.176. The van der Waals surface area contributed by atoms with Gasteiger partial charge in [0, 0.05) is 51.4 Å². The molecule has 174 valence electrons. The number of piperidine rings is 2. The number of likely N-dealkylation sites (tertiary alicyclic amines) is 2. The van der Waals surface area contributed by atoms with Gasteiger partial charge in [-0.15, -0.1) is 24.0 Å². The predicted octanol–water partition coefficient (Wildman–Crippen LogP) is 3.86. The second-order valence-electron chi connectivity index (χ2n) is 8.92. The van der Waals surface area contributed by atoms with Crippen LogP contribution < -0.4 is 10.6 Å². The Morgan fingerprint density at radius 1 is 1.10 bits per heavy atom. The van der Waals surface area contributed by atoms with Gasteiger partial charge in [-0.05, 0) is 57.7 Å². The van der Waals surface area contributed by atoms with Crippen molar-refractivity contribution in [2.75, 3.05) is 46.3 Å². The fourth-order valence-corrected chi connectivity index (χ4v) is 4.46. The highest BCUT2D eigenvalue weighted by Gasteiger charge is 2.22. The molecular weight excluding hydrogens is 504 g/mol. The van der Waals surface area contributed by atoms with Crippen LogP contribution in [0.2, 0.25) is 0 Å². The standard InChI is InChI=1S/C24H38FN5.HI/c1-19(2)17-29-14-10-22(11-15-29)28-24(26-3)27-16-20-8-12-30(13-9-20)18-21-6-4-5-7-23(21)25;/h4-7,20,22H,1,8-18H2,2-3H3,(H2,26,27,28);1H. The van der Waals surface area contributed by atoms with E-state index in [1.165, 1.54) is 5.57 Å². The van der Waals surface area contributed by atoms with Gasteiger partial charge in [0.1, 0.15) is 5.82 Å². The van der Waals surface area contributed by atoms with Crippen molar-refractivity contribution in [3.8, 4) is 0 Å². The van der Waals surface area contributed by atoms with Gasteiger partial charge in [0.15, 0.2) is 5.96 Å². The van der Waals surface area contributed by atoms with Crippen LogP contribution in [0, 0.1) is 11.7 Å². The Hall–Kier alpha value is -1.19. The molecule has 2 aliphatic heterocycles. The lowest BCUT2D eigenvalue weighted by Gasteiger charge is -2.34. The van der Waals surface area contributed by atoms with Crippen LogP contribution in [0.1, 0.15) is 38.2 Å². The number of halogens is 2. The third-order valence-corrected chi connectivity index (χ3v) is 6.26. The molecule has 0 atom stereocenters. The summed E-state index contributed by atoms with van der Waals surface area (Å²) in [5.74, 6) is 1.46. The molecule has 1 aromatic rings. The molecule has 0 aromatic heterocycles. The maximum Gasteiger partial charge on any atom is 0.191 e. The van der Waals surface area contributed by atoms with Gasteiger partial charge in [-0.25, -0.2) is 4.39 Å². The predicted molar refractivity (Wildman–Crippen MR) is 139 cm³/mol. The van der Waals surface area contributed by atoms with Crippen LogP contribution in [-0.4, -0.2) is 68.1 Å². The van der Waals surface area contributed by atoms with Crippen LogP contribution >= 0.6 is 24.0 Å². The smallest absolute Gasteiger partial charge is 0.191 e. The number of nitrogens with one attached hydrogen (secondary N) is 2. The van der Waals surface area contributed by atoms with Gasteiger partial charge >= 0.3 is 0 Å². The maximum atomic E-state index is 13.9. The first-order chi connectivity index (χ1) is 14.5. The molecule has 7 heteroatoms. The lowest BCUT2D eigenvalue weighted by Crippen LogP contribution is -2.50. The number of guanidine groups is 1. The number of aliphatic imine (C=N–C) groups is 1. The summed E-state index contributed by atoms with van der Waals surface area (Å²) in [7, 11) is 1.85. The molecule has 0 bridgehead atoms. The van der Waals surface area contributed by atoms with E-state index in [-0.39, 0.29) is 29.8 Å². The molecule has 2 N–H and O–H groups in total. The van der Waals surface area contributed by atoms with E-state index in [9.17, 15) is 4.39 Å². The highest BCUT2D eigenvalue weighted by atomic mass is 127. The summed E-state index contributed by atoms with van der Waals surface area (Å²) < 4.78 is 13.9. The van der Waals surface area contributed by atoms with Crippen molar-refractivity contribution < 1.29 is 4.39 Å². The van der Waals surface area contributed by atoms with Crippen molar-refractivity contribution in [1.29, 1.82) is 0 Å². The minimum atomic E-state index is -0.0957. The summed E-state index contributed by atoms with van der Waals surface area (Å²) in [4.78, 5) is 9.27. The topological polar surface area (TPSA) is 42.9 Å². The highest BCUT2D eigenvalue weighted by Crippen LogP contribution is 2.19. The Bertz CT molecular complexity index is 710. The molecule has 0 aliphatic carbocycles. The zero-order valence-corrected chi connectivity index (χ0v) is 21.4. The van der Waals surface area contributed by atoms with Crippen LogP contribution in [-0.2, 0) is 6.54 Å². The normalized spacial score (nSPS) is 19.6. The molecule has 0 saturated carbocycles. The quantitative estimate of drug-likeness (QED) is 0.237. The first-order valence-electron chi connectivity index (χ1n) is 11.3. The van der Waals surface area contributed by atoms with Gasteiger partial charge in [0.2, 0.25) is 0 Å². The molecule has 0 unspecified atom stereocenters. The van der Waals surface area contributed by atoms with E-state index < -0.39 is 0 Å². The summed E-state index contributed by atoms with van der Waals surface area (Å²) in [5, 5.41) is 7.14. The van der Waals surface area contributed by atoms with E-state index in [0.29, 0.717) is 18.5 Å². The summed E-state index contributed by atoms with van der Waals surface area (Å²) >= 11 is 0. The summed E-state index contributed by atoms with van der Waals surface area (Å²) in [6.07, 6.45) is 4.56. The average Bonchev–Trinajstić information content (AvgIpc) is 2.74. The van der Waals surface area contributed by atoms with Gasteiger partial charge in [-0.1, -0.05) is 30.4 Å². The average molecular weight is 544 g/mol. The molecule has 2 fully saturated rings. The van der Waals surface area contributed by atoms with E-state index in [2.05, 4.69) is 38.9 Å². The third kappa shape index (κ3) is 8.69. The number of nitrogens with zero attached hydrogens (tertiary/aromatic N) is 3. The van der Waals surface area contributed by atoms with Gasteiger partial charge in [0.05, 0.1) is 0 Å². The first-order valence-corrected chi connectivity index (χ1v) is 11.3. The Morgan fingerprint density at radius 3 is 2.35 bits per heavy atom. The summed E-state index contributed by atoms with van der Waals surface area (Å²) in [6.45, 7) is 13.1. The molecule has 0 spiro atoms. The fraction of sp³-hybridized carbons (Fsp3) is 0.625. The maximum absolute atomic E-state index is 13.9. The Kier molecular flexibility index (Phi) is 11.2. The molecule has 5 nitrogen and oxygen atoms in total.